The number of rotatable bonds is 11. The van der Waals surface area contributed by atoms with Gasteiger partial charge in [-0.1, -0.05) is 127 Å². The molecule has 4 nitrogen and oxygen atoms in total. The van der Waals surface area contributed by atoms with Gasteiger partial charge in [-0.25, -0.2) is 0 Å². The lowest BCUT2D eigenvalue weighted by Gasteiger charge is -2.44. The lowest BCUT2D eigenvalue weighted by atomic mass is 9.70. The third-order valence-corrected chi connectivity index (χ3v) is 12.4. The number of nitrogens with one attached hydrogen (secondary N) is 2. The lowest BCUT2D eigenvalue weighted by molar-refractivity contribution is -0.138. The largest absolute Gasteiger partial charge is 0.359 e. The van der Waals surface area contributed by atoms with E-state index in [1.54, 1.807) is 0 Å². The van der Waals surface area contributed by atoms with Gasteiger partial charge >= 0.3 is 0 Å². The molecule has 0 aromatic heterocycles. The van der Waals surface area contributed by atoms with E-state index >= 15 is 0 Å². The molecule has 2 N–H and O–H groups in total. The number of carbonyl (C=O) groups is 1. The zero-order chi connectivity index (χ0) is 30.1. The minimum atomic E-state index is -0.549. The summed E-state index contributed by atoms with van der Waals surface area (Å²) < 4.78 is 0. The van der Waals surface area contributed by atoms with Crippen LogP contribution in [0, 0.1) is 17.3 Å². The second-order valence-electron chi connectivity index (χ2n) is 13.8. The molecule has 42 heavy (non-hydrogen) atoms. The van der Waals surface area contributed by atoms with Crippen molar-refractivity contribution in [2.75, 3.05) is 13.1 Å². The summed E-state index contributed by atoms with van der Waals surface area (Å²) in [6.45, 7) is 12.7. The van der Waals surface area contributed by atoms with Crippen molar-refractivity contribution in [1.29, 1.82) is 0 Å². The number of amides is 1. The van der Waals surface area contributed by atoms with Crippen LogP contribution in [0.1, 0.15) is 92.4 Å². The molecule has 2 aromatic carbocycles. The van der Waals surface area contributed by atoms with Gasteiger partial charge in [0.25, 0.3) is 0 Å². The molecule has 0 saturated heterocycles. The van der Waals surface area contributed by atoms with Crippen LogP contribution >= 0.6 is 20.1 Å². The van der Waals surface area contributed by atoms with Crippen LogP contribution in [0.5, 0.6) is 0 Å². The number of nitrogens with zero attached hydrogens (tertiary/aromatic N) is 1. The van der Waals surface area contributed by atoms with Crippen LogP contribution in [0.2, 0.25) is 0 Å². The van der Waals surface area contributed by atoms with Crippen LogP contribution in [0.25, 0.3) is 0 Å². The third-order valence-electron chi connectivity index (χ3n) is 9.14. The topological polar surface area (TPSA) is 44.4 Å². The average molecular weight is 608 g/mol. The minimum Gasteiger partial charge on any atom is -0.359 e. The Labute approximate surface area is 262 Å². The molecular weight excluding hydrogens is 553 g/mol. The van der Waals surface area contributed by atoms with Crippen molar-refractivity contribution in [3.05, 3.63) is 60.7 Å². The minimum absolute atomic E-state index is 0.0973. The monoisotopic (exact) mass is 607 g/mol. The highest BCUT2D eigenvalue weighted by Crippen LogP contribution is 2.46. The maximum Gasteiger partial charge on any atom is 0.245 e. The number of hydrogen-bond acceptors (Lipinski definition) is 2. The molecule has 4 rings (SSSR count). The normalized spacial score (nSPS) is 21.2. The fourth-order valence-corrected chi connectivity index (χ4v) is 10.5. The Kier molecular flexibility index (Phi) is 12.3. The van der Waals surface area contributed by atoms with E-state index in [1.807, 2.05) is 0 Å². The van der Waals surface area contributed by atoms with E-state index in [0.29, 0.717) is 22.6 Å². The van der Waals surface area contributed by atoms with Crippen LogP contribution in [0.15, 0.2) is 60.7 Å². The first-order chi connectivity index (χ1) is 20.2. The first-order valence-electron chi connectivity index (χ1n) is 16.4. The number of thiocarbonyl (C=S) groups is 1. The predicted molar refractivity (Wildman–Crippen MR) is 185 cm³/mol. The summed E-state index contributed by atoms with van der Waals surface area (Å²) in [5, 5.41) is 11.0. The molecule has 0 unspecified atom stereocenters. The molecular formula is C36H54N3OPS. The van der Waals surface area contributed by atoms with E-state index in [0.717, 1.165) is 32.4 Å². The van der Waals surface area contributed by atoms with Crippen molar-refractivity contribution in [3.8, 4) is 0 Å². The third kappa shape index (κ3) is 8.79. The second-order valence-corrected chi connectivity index (χ2v) is 16.6. The second kappa shape index (κ2) is 15.7. The molecule has 2 fully saturated rings. The molecule has 0 spiro atoms. The van der Waals surface area contributed by atoms with E-state index in [9.17, 15) is 4.79 Å². The summed E-state index contributed by atoms with van der Waals surface area (Å²) in [6, 6.07) is 22.1. The van der Waals surface area contributed by atoms with Gasteiger partial charge in [-0.3, -0.25) is 4.79 Å². The van der Waals surface area contributed by atoms with Crippen molar-refractivity contribution in [3.63, 3.8) is 0 Å². The van der Waals surface area contributed by atoms with E-state index in [2.05, 4.69) is 111 Å². The summed E-state index contributed by atoms with van der Waals surface area (Å²) in [7, 11) is -0.549. The molecule has 2 saturated carbocycles. The highest BCUT2D eigenvalue weighted by molar-refractivity contribution is 7.80. The first-order valence-corrected chi connectivity index (χ1v) is 18.2. The maximum absolute atomic E-state index is 14.4. The standard InChI is InChI=1S/C36H54N3OPS/c1-27(2)25-39(26-28(3)4)34(40)33(36(5)23-15-8-16-24-36)38-35(42)37-31-21-13-14-22-32(31)41(29-17-9-6-10-18-29)30-19-11-7-12-20-30/h6-7,9-12,17-20,27-28,31-33H,8,13-16,21-26H2,1-5H3,(H2,37,38,42)/t31-,32-,33-/m0/s1. The Bertz CT molecular complexity index is 1070. The molecule has 0 aliphatic heterocycles. The van der Waals surface area contributed by atoms with Gasteiger partial charge in [0.2, 0.25) is 5.91 Å². The van der Waals surface area contributed by atoms with E-state index in [4.69, 9.17) is 12.2 Å². The molecule has 0 radical (unpaired) electrons. The number of benzene rings is 2. The van der Waals surface area contributed by atoms with Gasteiger partial charge in [-0.05, 0) is 73.7 Å². The van der Waals surface area contributed by atoms with Gasteiger partial charge in [-0.2, -0.15) is 0 Å². The van der Waals surface area contributed by atoms with E-state index in [1.165, 1.54) is 49.1 Å². The molecule has 6 heteroatoms. The fourth-order valence-electron chi connectivity index (χ4n) is 7.14. The van der Waals surface area contributed by atoms with Crippen molar-refractivity contribution < 1.29 is 4.79 Å². The van der Waals surface area contributed by atoms with Crippen molar-refractivity contribution in [2.45, 2.75) is 110 Å². The summed E-state index contributed by atoms with van der Waals surface area (Å²) in [5.41, 5.74) is 0.385. The molecule has 0 heterocycles. The summed E-state index contributed by atoms with van der Waals surface area (Å²) in [6.07, 6.45) is 10.5. The molecule has 2 aliphatic carbocycles. The first kappa shape index (κ1) is 32.9. The van der Waals surface area contributed by atoms with Crippen LogP contribution in [-0.4, -0.2) is 46.8 Å². The van der Waals surface area contributed by atoms with E-state index < -0.39 is 7.92 Å². The molecule has 2 aliphatic rings. The predicted octanol–water partition coefficient (Wildman–Crippen LogP) is 7.37. The Morgan fingerprint density at radius 2 is 1.38 bits per heavy atom. The summed E-state index contributed by atoms with van der Waals surface area (Å²) in [5.74, 6) is 1.08. The van der Waals surface area contributed by atoms with Gasteiger partial charge in [-0.15, -0.1) is 0 Å². The SMILES string of the molecule is CC(C)CN(CC(C)C)C(=O)[C@H](NC(=S)N[C@H]1CCCC[C@@H]1P(c1ccccc1)c1ccccc1)C1(C)CCCCC1. The van der Waals surface area contributed by atoms with Gasteiger partial charge in [0.1, 0.15) is 6.04 Å². The van der Waals surface area contributed by atoms with E-state index in [-0.39, 0.29) is 23.4 Å². The highest BCUT2D eigenvalue weighted by Gasteiger charge is 2.43. The molecule has 0 bridgehead atoms. The maximum atomic E-state index is 14.4. The fraction of sp³-hybridized carbons (Fsp3) is 0.611. The van der Waals surface area contributed by atoms with Crippen molar-refractivity contribution >= 4 is 41.8 Å². The van der Waals surface area contributed by atoms with Crippen LogP contribution in [-0.2, 0) is 4.79 Å². The van der Waals surface area contributed by atoms with Crippen LogP contribution < -0.4 is 21.2 Å². The zero-order valence-electron chi connectivity index (χ0n) is 26.6. The molecule has 1 amide bonds. The molecule has 3 atom stereocenters. The van der Waals surface area contributed by atoms with Crippen LogP contribution in [0.4, 0.5) is 0 Å². The zero-order valence-corrected chi connectivity index (χ0v) is 28.4. The lowest BCUT2D eigenvalue weighted by Crippen LogP contribution is -2.61. The Morgan fingerprint density at radius 1 is 0.857 bits per heavy atom. The van der Waals surface area contributed by atoms with Crippen molar-refractivity contribution in [1.82, 2.24) is 15.5 Å². The summed E-state index contributed by atoms with van der Waals surface area (Å²) >= 11 is 6.10. The van der Waals surface area contributed by atoms with Gasteiger partial charge in [0, 0.05) is 24.8 Å². The quantitative estimate of drug-likeness (QED) is 0.207. The highest BCUT2D eigenvalue weighted by atomic mass is 32.1. The molecule has 2 aromatic rings. The van der Waals surface area contributed by atoms with Crippen LogP contribution in [0.3, 0.4) is 0 Å². The average Bonchev–Trinajstić information content (AvgIpc) is 2.97. The van der Waals surface area contributed by atoms with Gasteiger partial charge in [0.05, 0.1) is 0 Å². The Morgan fingerprint density at radius 3 is 1.90 bits per heavy atom. The van der Waals surface area contributed by atoms with Crippen molar-refractivity contribution in [2.24, 2.45) is 17.3 Å². The molecule has 230 valence electrons. The van der Waals surface area contributed by atoms with Gasteiger partial charge in [0.15, 0.2) is 5.11 Å². The Balaban J connectivity index is 1.58. The summed E-state index contributed by atoms with van der Waals surface area (Å²) in [4.78, 5) is 16.5. The number of carbonyl (C=O) groups excluding carboxylic acids is 1. The number of hydrogen-bond donors (Lipinski definition) is 2. The smallest absolute Gasteiger partial charge is 0.245 e. The van der Waals surface area contributed by atoms with Gasteiger partial charge < -0.3 is 15.5 Å². The Hall–Kier alpha value is -1.97.